The van der Waals surface area contributed by atoms with Crippen LogP contribution in [0.25, 0.3) is 17.2 Å². The molecule has 0 N–H and O–H groups in total. The first-order valence-corrected chi connectivity index (χ1v) is 8.52. The van der Waals surface area contributed by atoms with Crippen molar-refractivity contribution in [1.82, 2.24) is 0 Å². The van der Waals surface area contributed by atoms with E-state index in [0.29, 0.717) is 5.92 Å². The van der Waals surface area contributed by atoms with E-state index in [0.717, 1.165) is 5.78 Å². The summed E-state index contributed by atoms with van der Waals surface area (Å²) >= 11 is 0. The standard InChI is InChI=1S/C23H25O/c1-15(2)19-9-6-16(3)23-20(12-17(4)22(23)14-19)13-18-7-10-21(24-5)11-8-18/h6-15H,1-5H3/q+1. The molecule has 0 radical (unpaired) electrons. The summed E-state index contributed by atoms with van der Waals surface area (Å²) in [4.78, 5) is 0. The van der Waals surface area contributed by atoms with Gasteiger partial charge in [0.25, 0.3) is 7.11 Å². The predicted octanol–water partition coefficient (Wildman–Crippen LogP) is 5.78. The molecule has 3 rings (SSSR count). The van der Waals surface area contributed by atoms with E-state index in [1.807, 2.05) is 12.2 Å². The summed E-state index contributed by atoms with van der Waals surface area (Å²) in [5, 5.41) is 0. The Labute approximate surface area is 145 Å². The van der Waals surface area contributed by atoms with Crippen LogP contribution in [0.3, 0.4) is 0 Å². The highest BCUT2D eigenvalue weighted by Crippen LogP contribution is 2.37. The summed E-state index contributed by atoms with van der Waals surface area (Å²) < 4.78 is 5.25. The van der Waals surface area contributed by atoms with Gasteiger partial charge < -0.3 is 0 Å². The molecule has 0 aromatic rings. The fourth-order valence-corrected chi connectivity index (χ4v) is 3.23. The Morgan fingerprint density at radius 2 is 1.62 bits per heavy atom. The van der Waals surface area contributed by atoms with Crippen LogP contribution in [0.15, 0.2) is 54.1 Å². The van der Waals surface area contributed by atoms with Crippen molar-refractivity contribution in [1.29, 1.82) is 0 Å². The molecule has 0 unspecified atom stereocenters. The van der Waals surface area contributed by atoms with Gasteiger partial charge in [0.15, 0.2) is 0 Å². The minimum Gasteiger partial charge on any atom is -0.258 e. The molecule has 3 aliphatic rings. The molecule has 0 bridgehead atoms. The lowest BCUT2D eigenvalue weighted by molar-refractivity contribution is -0.417. The van der Waals surface area contributed by atoms with Crippen molar-refractivity contribution >= 4 is 11.9 Å². The molecule has 0 spiro atoms. The number of hydrogen-bond acceptors (Lipinski definition) is 0. The van der Waals surface area contributed by atoms with Crippen molar-refractivity contribution in [2.45, 2.75) is 33.6 Å². The molecular formula is C23H25O+. The van der Waals surface area contributed by atoms with E-state index in [1.165, 1.54) is 39.0 Å². The first kappa shape index (κ1) is 16.4. The minimum atomic E-state index is 0.531. The van der Waals surface area contributed by atoms with Crippen molar-refractivity contribution in [3.63, 3.8) is 0 Å². The van der Waals surface area contributed by atoms with Crippen molar-refractivity contribution < 1.29 is 4.42 Å². The van der Waals surface area contributed by atoms with E-state index in [-0.39, 0.29) is 0 Å². The lowest BCUT2D eigenvalue weighted by Gasteiger charge is -2.05. The van der Waals surface area contributed by atoms with Gasteiger partial charge >= 0.3 is 5.78 Å². The summed E-state index contributed by atoms with van der Waals surface area (Å²) in [5.74, 6) is 1.42. The molecule has 0 amide bonds. The molecule has 0 aromatic heterocycles. The van der Waals surface area contributed by atoms with E-state index >= 15 is 0 Å². The zero-order valence-electron chi connectivity index (χ0n) is 15.2. The van der Waals surface area contributed by atoms with E-state index in [1.54, 1.807) is 7.11 Å². The summed E-state index contributed by atoms with van der Waals surface area (Å²) in [6.45, 7) is 8.91. The van der Waals surface area contributed by atoms with E-state index in [2.05, 4.69) is 70.2 Å². The van der Waals surface area contributed by atoms with Crippen molar-refractivity contribution in [3.05, 3.63) is 76.4 Å². The van der Waals surface area contributed by atoms with Crippen LogP contribution in [0.1, 0.15) is 42.0 Å². The normalized spacial score (nSPS) is 13.9. The molecule has 0 heterocycles. The quantitative estimate of drug-likeness (QED) is 0.622. The van der Waals surface area contributed by atoms with E-state index in [9.17, 15) is 0 Å². The number of allylic oxidation sites excluding steroid dienone is 5. The lowest BCUT2D eigenvalue weighted by atomic mass is 9.99. The van der Waals surface area contributed by atoms with Gasteiger partial charge in [-0.2, -0.15) is 0 Å². The molecule has 0 aliphatic heterocycles. The lowest BCUT2D eigenvalue weighted by Crippen LogP contribution is -1.95. The highest BCUT2D eigenvalue weighted by molar-refractivity contribution is 6.02. The number of rotatable bonds is 2. The maximum atomic E-state index is 5.25. The van der Waals surface area contributed by atoms with Crippen LogP contribution >= 0.6 is 0 Å². The Balaban J connectivity index is 2.11. The maximum absolute atomic E-state index is 5.25. The molecule has 0 saturated heterocycles. The third kappa shape index (κ3) is 3.12. The number of hydrogen-bond donors (Lipinski definition) is 0. The molecule has 122 valence electrons. The Morgan fingerprint density at radius 3 is 2.25 bits per heavy atom. The first-order chi connectivity index (χ1) is 11.5. The van der Waals surface area contributed by atoms with Gasteiger partial charge in [0, 0.05) is 12.2 Å². The fourth-order valence-electron chi connectivity index (χ4n) is 3.23. The number of aryl methyl sites for hydroxylation is 2. The second kappa shape index (κ2) is 6.60. The Hall–Kier alpha value is -2.41. The van der Waals surface area contributed by atoms with Crippen molar-refractivity contribution in [2.24, 2.45) is 0 Å². The Morgan fingerprint density at radius 1 is 0.917 bits per heavy atom. The van der Waals surface area contributed by atoms with Crippen LogP contribution < -0.4 is 0 Å². The van der Waals surface area contributed by atoms with Gasteiger partial charge in [-0.3, -0.25) is 4.42 Å². The zero-order valence-corrected chi connectivity index (χ0v) is 15.2. The highest BCUT2D eigenvalue weighted by Gasteiger charge is 2.16. The summed E-state index contributed by atoms with van der Waals surface area (Å²) in [6.07, 6.45) is 10.5. The third-order valence-corrected chi connectivity index (χ3v) is 4.69. The van der Waals surface area contributed by atoms with Gasteiger partial charge in [0.1, 0.15) is 0 Å². The summed E-state index contributed by atoms with van der Waals surface area (Å²) in [6, 6.07) is 9.17. The van der Waals surface area contributed by atoms with Crippen LogP contribution in [0, 0.1) is 13.8 Å². The molecular weight excluding hydrogens is 292 g/mol. The van der Waals surface area contributed by atoms with Gasteiger partial charge in [0.2, 0.25) is 0 Å². The van der Waals surface area contributed by atoms with E-state index in [4.69, 9.17) is 4.42 Å². The van der Waals surface area contributed by atoms with Gasteiger partial charge in [-0.05, 0) is 76.9 Å². The van der Waals surface area contributed by atoms with E-state index < -0.39 is 0 Å². The predicted molar refractivity (Wildman–Crippen MR) is 104 cm³/mol. The van der Waals surface area contributed by atoms with Gasteiger partial charge in [0.05, 0.1) is 0 Å². The summed E-state index contributed by atoms with van der Waals surface area (Å²) in [5.41, 5.74) is 9.25. The Kier molecular flexibility index (Phi) is 4.53. The smallest absolute Gasteiger partial charge is 0.258 e. The maximum Gasteiger partial charge on any atom is 0.343 e. The van der Waals surface area contributed by atoms with Gasteiger partial charge in [-0.25, -0.2) is 0 Å². The van der Waals surface area contributed by atoms with Crippen LogP contribution in [0.4, 0.5) is 0 Å². The fraction of sp³-hybridized carbons (Fsp3) is 0.261. The summed E-state index contributed by atoms with van der Waals surface area (Å²) in [7, 11) is 1.70. The van der Waals surface area contributed by atoms with Gasteiger partial charge in [-0.1, -0.05) is 38.1 Å². The largest absolute Gasteiger partial charge is 0.343 e. The number of fused-ring (bicyclic) bond motifs is 1. The number of ketones is 1. The zero-order chi connectivity index (χ0) is 17.3. The van der Waals surface area contributed by atoms with Crippen LogP contribution in [-0.4, -0.2) is 12.9 Å². The topological polar surface area (TPSA) is 11.3 Å². The molecule has 0 atom stereocenters. The average molecular weight is 317 g/mol. The SMILES string of the molecule is C[O+]=C1C=CC(=Cc2cc(C)c3cc(C(C)C)ccc(C)c2-3)C=C1. The molecule has 0 fully saturated rings. The monoisotopic (exact) mass is 317 g/mol. The molecule has 24 heavy (non-hydrogen) atoms. The average Bonchev–Trinajstić information content (AvgIpc) is 2.75. The van der Waals surface area contributed by atoms with Gasteiger partial charge in [-0.15, -0.1) is 0 Å². The minimum absolute atomic E-state index is 0.531. The molecule has 3 aliphatic carbocycles. The highest BCUT2D eigenvalue weighted by atomic mass is 16.4. The number of carbonyl (C=O) groups excluding carboxylic acids is 1. The van der Waals surface area contributed by atoms with Crippen molar-refractivity contribution in [2.75, 3.05) is 7.11 Å². The van der Waals surface area contributed by atoms with Crippen LogP contribution in [0.5, 0.6) is 0 Å². The third-order valence-electron chi connectivity index (χ3n) is 4.69. The molecule has 1 heteroatoms. The molecule has 1 nitrogen and oxygen atoms in total. The molecule has 0 aromatic carbocycles. The van der Waals surface area contributed by atoms with Crippen LogP contribution in [-0.2, 0) is 4.42 Å². The second-order valence-corrected chi connectivity index (χ2v) is 6.80. The van der Waals surface area contributed by atoms with Crippen molar-refractivity contribution in [3.8, 4) is 11.1 Å². The van der Waals surface area contributed by atoms with Crippen LogP contribution in [0.2, 0.25) is 0 Å². The Bertz CT molecular complexity index is 842. The molecule has 0 saturated carbocycles. The first-order valence-electron chi connectivity index (χ1n) is 8.52. The second-order valence-electron chi connectivity index (χ2n) is 6.80.